The van der Waals surface area contributed by atoms with Crippen molar-refractivity contribution in [3.05, 3.63) is 92.4 Å². The molecule has 26 heavy (non-hydrogen) atoms. The normalized spacial score (nSPS) is 10.6. The summed E-state index contributed by atoms with van der Waals surface area (Å²) in [5.41, 5.74) is 4.25. The van der Waals surface area contributed by atoms with Crippen LogP contribution in [0, 0.1) is 6.92 Å². The Labute approximate surface area is 168 Å². The molecule has 3 aromatic carbocycles. The number of aryl methyl sites for hydroxylation is 1. The van der Waals surface area contributed by atoms with Crippen molar-refractivity contribution in [3.8, 4) is 5.75 Å². The van der Waals surface area contributed by atoms with Gasteiger partial charge in [-0.2, -0.15) is 0 Å². The molecule has 0 amide bonds. The van der Waals surface area contributed by atoms with Crippen LogP contribution in [0.2, 0.25) is 15.1 Å². The van der Waals surface area contributed by atoms with Crippen molar-refractivity contribution in [1.29, 1.82) is 0 Å². The molecule has 134 valence electrons. The van der Waals surface area contributed by atoms with Crippen LogP contribution in [0.4, 0.5) is 5.69 Å². The Morgan fingerprint density at radius 1 is 0.846 bits per heavy atom. The van der Waals surface area contributed by atoms with E-state index >= 15 is 0 Å². The average molecular weight is 407 g/mol. The van der Waals surface area contributed by atoms with Crippen LogP contribution in [0.3, 0.4) is 0 Å². The molecule has 0 radical (unpaired) electrons. The largest absolute Gasteiger partial charge is 0.487 e. The number of ether oxygens (including phenoxy) is 1. The molecule has 3 aromatic rings. The average Bonchev–Trinajstić information content (AvgIpc) is 2.62. The van der Waals surface area contributed by atoms with E-state index < -0.39 is 0 Å². The van der Waals surface area contributed by atoms with E-state index in [0.29, 0.717) is 34.0 Å². The maximum atomic E-state index is 6.36. The Balaban J connectivity index is 1.60. The molecule has 0 atom stereocenters. The molecular formula is C21H18Cl3NO. The molecule has 0 aliphatic rings. The SMILES string of the molecule is Cc1ccc(NCc2ccc(OCc3ccc(Cl)cc3Cl)c(Cl)c2)cc1. The summed E-state index contributed by atoms with van der Waals surface area (Å²) in [5, 5.41) is 5.12. The Hall–Kier alpha value is -1.87. The molecule has 0 bridgehead atoms. The summed E-state index contributed by atoms with van der Waals surface area (Å²) in [6.07, 6.45) is 0. The quantitative estimate of drug-likeness (QED) is 0.469. The van der Waals surface area contributed by atoms with Crippen LogP contribution in [-0.4, -0.2) is 0 Å². The molecule has 0 aliphatic carbocycles. The summed E-state index contributed by atoms with van der Waals surface area (Å²) in [7, 11) is 0. The molecule has 0 aromatic heterocycles. The molecular weight excluding hydrogens is 389 g/mol. The van der Waals surface area contributed by atoms with Gasteiger partial charge >= 0.3 is 0 Å². The second-order valence-electron chi connectivity index (χ2n) is 6.01. The molecule has 0 saturated heterocycles. The van der Waals surface area contributed by atoms with E-state index in [9.17, 15) is 0 Å². The molecule has 2 nitrogen and oxygen atoms in total. The number of anilines is 1. The van der Waals surface area contributed by atoms with Crippen LogP contribution in [0.25, 0.3) is 0 Å². The topological polar surface area (TPSA) is 21.3 Å². The Morgan fingerprint density at radius 3 is 2.31 bits per heavy atom. The summed E-state index contributed by atoms with van der Waals surface area (Å²) in [4.78, 5) is 0. The summed E-state index contributed by atoms with van der Waals surface area (Å²) in [6, 6.07) is 19.4. The predicted octanol–water partition coefficient (Wildman–Crippen LogP) is 7.15. The van der Waals surface area contributed by atoms with Gasteiger partial charge in [-0.05, 0) is 48.9 Å². The summed E-state index contributed by atoms with van der Waals surface area (Å²) in [5.74, 6) is 0.622. The van der Waals surface area contributed by atoms with Crippen molar-refractivity contribution < 1.29 is 4.74 Å². The molecule has 0 saturated carbocycles. The lowest BCUT2D eigenvalue weighted by Gasteiger charge is -2.12. The number of hydrogen-bond acceptors (Lipinski definition) is 2. The van der Waals surface area contributed by atoms with E-state index in [1.807, 2.05) is 24.3 Å². The Kier molecular flexibility index (Phi) is 6.31. The van der Waals surface area contributed by atoms with E-state index in [4.69, 9.17) is 39.5 Å². The van der Waals surface area contributed by atoms with Gasteiger partial charge in [-0.3, -0.25) is 0 Å². The lowest BCUT2D eigenvalue weighted by Crippen LogP contribution is -2.01. The van der Waals surface area contributed by atoms with Gasteiger partial charge in [-0.25, -0.2) is 0 Å². The zero-order valence-corrected chi connectivity index (χ0v) is 16.5. The number of halogens is 3. The first-order valence-electron chi connectivity index (χ1n) is 8.17. The van der Waals surface area contributed by atoms with Crippen molar-refractivity contribution in [3.63, 3.8) is 0 Å². The number of benzene rings is 3. The van der Waals surface area contributed by atoms with Crippen LogP contribution >= 0.6 is 34.8 Å². The fourth-order valence-corrected chi connectivity index (χ4v) is 3.16. The van der Waals surface area contributed by atoms with E-state index in [2.05, 4.69) is 36.5 Å². The van der Waals surface area contributed by atoms with Gasteiger partial charge in [0.05, 0.1) is 5.02 Å². The van der Waals surface area contributed by atoms with Crippen LogP contribution in [-0.2, 0) is 13.2 Å². The molecule has 0 heterocycles. The highest BCUT2D eigenvalue weighted by Gasteiger charge is 2.06. The number of rotatable bonds is 6. The lowest BCUT2D eigenvalue weighted by molar-refractivity contribution is 0.306. The highest BCUT2D eigenvalue weighted by Crippen LogP contribution is 2.28. The van der Waals surface area contributed by atoms with Gasteiger partial charge in [0.15, 0.2) is 0 Å². The minimum Gasteiger partial charge on any atom is -0.487 e. The van der Waals surface area contributed by atoms with Gasteiger partial charge in [0.1, 0.15) is 12.4 Å². The Bertz CT molecular complexity index is 894. The summed E-state index contributed by atoms with van der Waals surface area (Å²) < 4.78 is 5.79. The highest BCUT2D eigenvalue weighted by molar-refractivity contribution is 6.35. The highest BCUT2D eigenvalue weighted by atomic mass is 35.5. The number of hydrogen-bond donors (Lipinski definition) is 1. The third kappa shape index (κ3) is 5.07. The fraction of sp³-hybridized carbons (Fsp3) is 0.143. The van der Waals surface area contributed by atoms with Crippen molar-refractivity contribution in [2.24, 2.45) is 0 Å². The van der Waals surface area contributed by atoms with Gasteiger partial charge in [0.2, 0.25) is 0 Å². The standard InChI is InChI=1S/C21H18Cl3NO/c1-14-2-7-18(8-3-14)25-12-15-4-9-21(20(24)10-15)26-13-16-5-6-17(22)11-19(16)23/h2-11,25H,12-13H2,1H3. The third-order valence-electron chi connectivity index (χ3n) is 3.94. The molecule has 0 unspecified atom stereocenters. The summed E-state index contributed by atoms with van der Waals surface area (Å²) in [6.45, 7) is 3.09. The smallest absolute Gasteiger partial charge is 0.138 e. The van der Waals surface area contributed by atoms with Crippen molar-refractivity contribution >= 4 is 40.5 Å². The maximum absolute atomic E-state index is 6.36. The van der Waals surface area contributed by atoms with E-state index in [0.717, 1.165) is 16.8 Å². The third-order valence-corrected chi connectivity index (χ3v) is 4.83. The van der Waals surface area contributed by atoms with Crippen LogP contribution in [0.5, 0.6) is 5.75 Å². The first-order chi connectivity index (χ1) is 12.5. The molecule has 0 fully saturated rings. The van der Waals surface area contributed by atoms with Crippen LogP contribution in [0.1, 0.15) is 16.7 Å². The maximum Gasteiger partial charge on any atom is 0.138 e. The van der Waals surface area contributed by atoms with Crippen molar-refractivity contribution in [2.45, 2.75) is 20.1 Å². The zero-order valence-electron chi connectivity index (χ0n) is 14.2. The van der Waals surface area contributed by atoms with Crippen molar-refractivity contribution in [1.82, 2.24) is 0 Å². The monoisotopic (exact) mass is 405 g/mol. The van der Waals surface area contributed by atoms with Gasteiger partial charge in [0.25, 0.3) is 0 Å². The molecule has 5 heteroatoms. The van der Waals surface area contributed by atoms with Gasteiger partial charge < -0.3 is 10.1 Å². The van der Waals surface area contributed by atoms with E-state index in [-0.39, 0.29) is 0 Å². The van der Waals surface area contributed by atoms with E-state index in [1.165, 1.54) is 5.56 Å². The number of nitrogens with one attached hydrogen (secondary N) is 1. The van der Waals surface area contributed by atoms with E-state index in [1.54, 1.807) is 12.1 Å². The second kappa shape index (κ2) is 8.68. The molecule has 0 spiro atoms. The Morgan fingerprint density at radius 2 is 1.62 bits per heavy atom. The first-order valence-corrected chi connectivity index (χ1v) is 9.30. The van der Waals surface area contributed by atoms with Crippen LogP contribution in [0.15, 0.2) is 60.7 Å². The summed E-state index contributed by atoms with van der Waals surface area (Å²) >= 11 is 18.4. The van der Waals surface area contributed by atoms with Crippen LogP contribution < -0.4 is 10.1 Å². The second-order valence-corrected chi connectivity index (χ2v) is 7.26. The molecule has 1 N–H and O–H groups in total. The first kappa shape index (κ1) is 18.9. The predicted molar refractivity (Wildman–Crippen MR) is 111 cm³/mol. The minimum absolute atomic E-state index is 0.330. The fourth-order valence-electron chi connectivity index (χ4n) is 2.44. The molecule has 3 rings (SSSR count). The van der Waals surface area contributed by atoms with Gasteiger partial charge in [-0.15, -0.1) is 0 Å². The lowest BCUT2D eigenvalue weighted by atomic mass is 10.2. The van der Waals surface area contributed by atoms with Gasteiger partial charge in [-0.1, -0.05) is 64.6 Å². The van der Waals surface area contributed by atoms with Crippen molar-refractivity contribution in [2.75, 3.05) is 5.32 Å². The van der Waals surface area contributed by atoms with Gasteiger partial charge in [0, 0.05) is 27.8 Å². The zero-order chi connectivity index (χ0) is 18.5. The minimum atomic E-state index is 0.330. The molecule has 0 aliphatic heterocycles.